The topological polar surface area (TPSA) is 121 Å². The van der Waals surface area contributed by atoms with Gasteiger partial charge in [-0.25, -0.2) is 4.90 Å². The molecule has 4 aliphatic rings. The van der Waals surface area contributed by atoms with Crippen LogP contribution in [0.5, 0.6) is 5.75 Å². The third kappa shape index (κ3) is 2.41. The van der Waals surface area contributed by atoms with Crippen molar-refractivity contribution in [3.63, 3.8) is 0 Å². The number of amides is 2. The molecule has 2 amide bonds. The molecule has 32 heavy (non-hydrogen) atoms. The summed E-state index contributed by atoms with van der Waals surface area (Å²) < 4.78 is 11.2. The molecule has 6 rings (SSSR count). The normalized spacial score (nSPS) is 31.9. The van der Waals surface area contributed by atoms with Crippen molar-refractivity contribution in [1.29, 1.82) is 0 Å². The number of benzene rings is 2. The fourth-order valence-corrected chi connectivity index (χ4v) is 5.36. The summed E-state index contributed by atoms with van der Waals surface area (Å²) >= 11 is 0. The molecule has 0 radical (unpaired) electrons. The van der Waals surface area contributed by atoms with Crippen molar-refractivity contribution in [2.75, 3.05) is 12.0 Å². The van der Waals surface area contributed by atoms with Crippen LogP contribution in [0, 0.1) is 27.9 Å². The predicted molar refractivity (Wildman–Crippen MR) is 109 cm³/mol. The number of ether oxygens (including phenoxy) is 2. The molecule has 162 valence electrons. The average Bonchev–Trinajstić information content (AvgIpc) is 3.54. The minimum absolute atomic E-state index is 0.0617. The highest BCUT2D eigenvalue weighted by Gasteiger charge is 2.72. The Labute approximate surface area is 181 Å². The van der Waals surface area contributed by atoms with Gasteiger partial charge in [-0.3, -0.25) is 19.7 Å². The van der Waals surface area contributed by atoms with Crippen LogP contribution >= 0.6 is 0 Å². The molecule has 2 aromatic carbocycles. The van der Waals surface area contributed by atoms with Gasteiger partial charge in [-0.1, -0.05) is 17.3 Å². The van der Waals surface area contributed by atoms with Crippen LogP contribution in [0.4, 0.5) is 11.4 Å². The van der Waals surface area contributed by atoms with Gasteiger partial charge < -0.3 is 14.3 Å². The zero-order valence-electron chi connectivity index (χ0n) is 16.8. The number of nitrogens with zero attached hydrogens (tertiary/aromatic N) is 3. The van der Waals surface area contributed by atoms with Crippen LogP contribution in [0.1, 0.15) is 5.56 Å². The molecule has 0 saturated carbocycles. The lowest BCUT2D eigenvalue weighted by molar-refractivity contribution is -0.384. The number of imide groups is 1. The average molecular weight is 435 g/mol. The van der Waals surface area contributed by atoms with Gasteiger partial charge in [0.2, 0.25) is 11.8 Å². The van der Waals surface area contributed by atoms with E-state index < -0.39 is 35.1 Å². The number of nitro groups is 1. The van der Waals surface area contributed by atoms with E-state index in [2.05, 4.69) is 5.16 Å². The molecule has 3 saturated heterocycles. The number of fused-ring (bicyclic) bond motifs is 8. The standard InChI is InChI=1S/C22H17N3O7/c1-30-13-7-5-11(6-8-13)24-21(26)14-15(22(24)27)19-20-16(18(14)31-19)17(23-32-20)10-3-2-4-12(9-10)25(28)29/h2-9,14-16,18-20H,1H3. The van der Waals surface area contributed by atoms with Crippen molar-refractivity contribution >= 4 is 28.9 Å². The summed E-state index contributed by atoms with van der Waals surface area (Å²) in [5.74, 6) is -1.69. The predicted octanol–water partition coefficient (Wildman–Crippen LogP) is 1.91. The van der Waals surface area contributed by atoms with Crippen molar-refractivity contribution in [2.24, 2.45) is 22.9 Å². The second-order valence-corrected chi connectivity index (χ2v) is 8.21. The van der Waals surface area contributed by atoms with E-state index in [4.69, 9.17) is 14.3 Å². The minimum atomic E-state index is -0.651. The van der Waals surface area contributed by atoms with Gasteiger partial charge >= 0.3 is 0 Å². The number of carbonyl (C=O) groups is 2. The third-order valence-electron chi connectivity index (χ3n) is 6.72. The zero-order valence-corrected chi connectivity index (χ0v) is 16.8. The van der Waals surface area contributed by atoms with E-state index >= 15 is 0 Å². The Balaban J connectivity index is 1.33. The van der Waals surface area contributed by atoms with E-state index in [9.17, 15) is 19.7 Å². The van der Waals surface area contributed by atoms with Crippen LogP contribution in [0.15, 0.2) is 53.7 Å². The maximum atomic E-state index is 13.3. The van der Waals surface area contributed by atoms with Gasteiger partial charge in [0.15, 0.2) is 6.10 Å². The number of nitro benzene ring substituents is 1. The first-order valence-electron chi connectivity index (χ1n) is 10.2. The Morgan fingerprint density at radius 3 is 2.41 bits per heavy atom. The van der Waals surface area contributed by atoms with Gasteiger partial charge in [-0.2, -0.15) is 0 Å². The van der Waals surface area contributed by atoms with Crippen molar-refractivity contribution in [1.82, 2.24) is 0 Å². The lowest BCUT2D eigenvalue weighted by Gasteiger charge is -2.26. The first-order valence-corrected chi connectivity index (χ1v) is 10.2. The molecule has 10 nitrogen and oxygen atoms in total. The minimum Gasteiger partial charge on any atom is -0.497 e. The van der Waals surface area contributed by atoms with E-state index in [0.29, 0.717) is 22.7 Å². The van der Waals surface area contributed by atoms with E-state index in [1.165, 1.54) is 17.0 Å². The summed E-state index contributed by atoms with van der Waals surface area (Å²) in [5.41, 5.74) is 1.47. The van der Waals surface area contributed by atoms with Crippen molar-refractivity contribution < 1.29 is 28.8 Å². The van der Waals surface area contributed by atoms with Crippen molar-refractivity contribution in [2.45, 2.75) is 18.3 Å². The summed E-state index contributed by atoms with van der Waals surface area (Å²) in [7, 11) is 1.54. The smallest absolute Gasteiger partial charge is 0.270 e. The van der Waals surface area contributed by atoms with E-state index in [1.54, 1.807) is 43.5 Å². The molecule has 2 aromatic rings. The fourth-order valence-electron chi connectivity index (χ4n) is 5.36. The number of oxime groups is 1. The first-order chi connectivity index (χ1) is 15.5. The lowest BCUT2D eigenvalue weighted by atomic mass is 9.71. The molecule has 0 aromatic heterocycles. The van der Waals surface area contributed by atoms with Gasteiger partial charge in [0, 0.05) is 17.7 Å². The van der Waals surface area contributed by atoms with Crippen LogP contribution in [0.2, 0.25) is 0 Å². The SMILES string of the molecule is COc1ccc(N2C(=O)C3C4OC(C5C(c6cccc([N+](=O)[O-])c6)=NOC45)C3C2=O)cc1. The molecular formula is C22H17N3O7. The summed E-state index contributed by atoms with van der Waals surface area (Å²) in [6.07, 6.45) is -1.70. The molecule has 3 fully saturated rings. The largest absolute Gasteiger partial charge is 0.497 e. The number of non-ortho nitro benzene ring substituents is 1. The molecule has 10 heteroatoms. The third-order valence-corrected chi connectivity index (χ3v) is 6.72. The first kappa shape index (κ1) is 18.9. The molecule has 6 unspecified atom stereocenters. The van der Waals surface area contributed by atoms with Crippen LogP contribution in [-0.2, 0) is 19.2 Å². The summed E-state index contributed by atoms with van der Waals surface area (Å²) in [4.78, 5) is 44.1. The van der Waals surface area contributed by atoms with Crippen LogP contribution < -0.4 is 9.64 Å². The van der Waals surface area contributed by atoms with Crippen LogP contribution in [0.25, 0.3) is 0 Å². The number of anilines is 1. The summed E-state index contributed by atoms with van der Waals surface area (Å²) in [5, 5.41) is 15.3. The van der Waals surface area contributed by atoms with Crippen molar-refractivity contribution in [3.8, 4) is 5.75 Å². The zero-order chi connectivity index (χ0) is 22.1. The molecule has 4 aliphatic heterocycles. The number of methoxy groups -OCH3 is 1. The fraction of sp³-hybridized carbons (Fsp3) is 0.318. The van der Waals surface area contributed by atoms with E-state index in [1.807, 2.05) is 0 Å². The highest BCUT2D eigenvalue weighted by Crippen LogP contribution is 2.55. The molecule has 2 bridgehead atoms. The maximum Gasteiger partial charge on any atom is 0.270 e. The van der Waals surface area contributed by atoms with Gasteiger partial charge in [-0.15, -0.1) is 0 Å². The molecule has 4 heterocycles. The highest BCUT2D eigenvalue weighted by atomic mass is 16.7. The van der Waals surface area contributed by atoms with Crippen LogP contribution in [0.3, 0.4) is 0 Å². The molecule has 6 atom stereocenters. The Bertz CT molecular complexity index is 1190. The molecule has 0 N–H and O–H groups in total. The Hall–Kier alpha value is -3.79. The number of hydrogen-bond donors (Lipinski definition) is 0. The number of rotatable bonds is 4. The number of hydrogen-bond acceptors (Lipinski definition) is 8. The quantitative estimate of drug-likeness (QED) is 0.409. The second kappa shape index (κ2) is 6.60. The molecule has 0 spiro atoms. The van der Waals surface area contributed by atoms with Crippen molar-refractivity contribution in [3.05, 3.63) is 64.2 Å². The highest BCUT2D eigenvalue weighted by molar-refractivity contribution is 6.23. The molecule has 0 aliphatic carbocycles. The molecular weight excluding hydrogens is 418 g/mol. The Kier molecular flexibility index (Phi) is 3.91. The lowest BCUT2D eigenvalue weighted by Crippen LogP contribution is -2.45. The Morgan fingerprint density at radius 2 is 1.72 bits per heavy atom. The summed E-state index contributed by atoms with van der Waals surface area (Å²) in [6.45, 7) is 0. The number of carbonyl (C=O) groups excluding carboxylic acids is 2. The van der Waals surface area contributed by atoms with Gasteiger partial charge in [0.1, 0.15) is 11.9 Å². The van der Waals surface area contributed by atoms with E-state index in [0.717, 1.165) is 0 Å². The van der Waals surface area contributed by atoms with E-state index in [-0.39, 0.29) is 23.4 Å². The van der Waals surface area contributed by atoms with Gasteiger partial charge in [0.05, 0.1) is 47.3 Å². The van der Waals surface area contributed by atoms with Gasteiger partial charge in [-0.05, 0) is 24.3 Å². The monoisotopic (exact) mass is 435 g/mol. The maximum absolute atomic E-state index is 13.3. The van der Waals surface area contributed by atoms with Crippen LogP contribution in [-0.4, -0.2) is 47.9 Å². The Morgan fingerprint density at radius 1 is 1.00 bits per heavy atom. The van der Waals surface area contributed by atoms with Gasteiger partial charge in [0.25, 0.3) is 5.69 Å². The second-order valence-electron chi connectivity index (χ2n) is 8.21. The summed E-state index contributed by atoms with van der Waals surface area (Å²) in [6, 6.07) is 12.9.